The predicted octanol–water partition coefficient (Wildman–Crippen LogP) is 3.51. The molecule has 0 bridgehead atoms. The van der Waals surface area contributed by atoms with Crippen molar-refractivity contribution in [2.75, 3.05) is 0 Å². The minimum Gasteiger partial charge on any atom is -0.382 e. The van der Waals surface area contributed by atoms with E-state index in [-0.39, 0.29) is 0 Å². The number of hydrogen-bond donors (Lipinski definition) is 1. The fraction of sp³-hybridized carbons (Fsp3) is 0.385. The van der Waals surface area contributed by atoms with Crippen LogP contribution in [0.2, 0.25) is 0 Å². The van der Waals surface area contributed by atoms with E-state index in [0.29, 0.717) is 12.0 Å². The number of allylic oxidation sites excluding steroid dienone is 1. The van der Waals surface area contributed by atoms with Gasteiger partial charge in [0.15, 0.2) is 0 Å². The van der Waals surface area contributed by atoms with Gasteiger partial charge in [-0.05, 0) is 18.4 Å². The molecule has 1 N–H and O–H groups in total. The predicted molar refractivity (Wildman–Crippen MR) is 62.0 cm³/mol. The molecule has 0 aliphatic heterocycles. The Morgan fingerprint density at radius 2 is 1.71 bits per heavy atom. The van der Waals surface area contributed by atoms with Gasteiger partial charge < -0.3 is 5.32 Å². The standard InChI is InChI=1S/C13H19N/c1-10(2)11(3)14-12(4)13-8-6-5-7-9-13/h5-10,12,14H,3H2,1-2,4H3. The molecule has 0 amide bonds. The van der Waals surface area contributed by atoms with E-state index in [1.807, 2.05) is 6.07 Å². The van der Waals surface area contributed by atoms with Gasteiger partial charge in [0.2, 0.25) is 0 Å². The van der Waals surface area contributed by atoms with E-state index in [1.54, 1.807) is 0 Å². The summed E-state index contributed by atoms with van der Waals surface area (Å²) >= 11 is 0. The minimum atomic E-state index is 0.339. The fourth-order valence-electron chi connectivity index (χ4n) is 1.27. The summed E-state index contributed by atoms with van der Waals surface area (Å²) in [6.07, 6.45) is 0. The zero-order valence-corrected chi connectivity index (χ0v) is 9.25. The Morgan fingerprint density at radius 1 is 1.14 bits per heavy atom. The minimum absolute atomic E-state index is 0.339. The van der Waals surface area contributed by atoms with E-state index in [1.165, 1.54) is 5.56 Å². The van der Waals surface area contributed by atoms with Crippen molar-refractivity contribution < 1.29 is 0 Å². The van der Waals surface area contributed by atoms with Crippen molar-refractivity contribution in [2.24, 2.45) is 5.92 Å². The van der Waals surface area contributed by atoms with Crippen molar-refractivity contribution in [3.05, 3.63) is 48.2 Å². The van der Waals surface area contributed by atoms with E-state index in [0.717, 1.165) is 5.70 Å². The molecule has 0 fully saturated rings. The van der Waals surface area contributed by atoms with Crippen LogP contribution < -0.4 is 5.32 Å². The lowest BCUT2D eigenvalue weighted by Crippen LogP contribution is -2.20. The largest absolute Gasteiger partial charge is 0.382 e. The number of nitrogens with one attached hydrogen (secondary N) is 1. The molecule has 1 aromatic rings. The molecule has 1 rings (SSSR count). The summed E-state index contributed by atoms with van der Waals surface area (Å²) in [6, 6.07) is 10.8. The van der Waals surface area contributed by atoms with E-state index in [4.69, 9.17) is 0 Å². The van der Waals surface area contributed by atoms with Crippen LogP contribution in [0, 0.1) is 5.92 Å². The van der Waals surface area contributed by atoms with Crippen molar-refractivity contribution in [1.82, 2.24) is 5.32 Å². The van der Waals surface area contributed by atoms with Crippen LogP contribution in [0.5, 0.6) is 0 Å². The Hall–Kier alpha value is -1.24. The molecule has 0 radical (unpaired) electrons. The third kappa shape index (κ3) is 2.91. The van der Waals surface area contributed by atoms with Crippen LogP contribution >= 0.6 is 0 Å². The van der Waals surface area contributed by atoms with Gasteiger partial charge in [-0.3, -0.25) is 0 Å². The lowest BCUT2D eigenvalue weighted by Gasteiger charge is -2.19. The first-order chi connectivity index (χ1) is 6.61. The lowest BCUT2D eigenvalue weighted by molar-refractivity contribution is 0.581. The smallest absolute Gasteiger partial charge is 0.0482 e. The molecule has 0 aliphatic carbocycles. The monoisotopic (exact) mass is 189 g/mol. The van der Waals surface area contributed by atoms with Gasteiger partial charge in [-0.1, -0.05) is 50.8 Å². The summed E-state index contributed by atoms with van der Waals surface area (Å²) in [5.41, 5.74) is 2.40. The van der Waals surface area contributed by atoms with Crippen molar-refractivity contribution in [2.45, 2.75) is 26.8 Å². The van der Waals surface area contributed by atoms with Gasteiger partial charge >= 0.3 is 0 Å². The molecule has 0 heterocycles. The zero-order chi connectivity index (χ0) is 10.6. The van der Waals surface area contributed by atoms with Crippen LogP contribution in [0.25, 0.3) is 0 Å². The summed E-state index contributed by atoms with van der Waals surface area (Å²) in [5, 5.41) is 3.40. The average molecular weight is 189 g/mol. The number of hydrogen-bond acceptors (Lipinski definition) is 1. The molecule has 1 unspecified atom stereocenters. The second-order valence-corrected chi connectivity index (χ2v) is 3.96. The molecule has 1 nitrogen and oxygen atoms in total. The second-order valence-electron chi connectivity index (χ2n) is 3.96. The SMILES string of the molecule is C=C(NC(C)c1ccccc1)C(C)C. The van der Waals surface area contributed by atoms with Crippen molar-refractivity contribution in [3.63, 3.8) is 0 Å². The molecule has 0 saturated heterocycles. The lowest BCUT2D eigenvalue weighted by atomic mass is 10.1. The molecular formula is C13H19N. The maximum absolute atomic E-state index is 4.01. The van der Waals surface area contributed by atoms with Gasteiger partial charge in [-0.25, -0.2) is 0 Å². The quantitative estimate of drug-likeness (QED) is 0.764. The van der Waals surface area contributed by atoms with Gasteiger partial charge in [0.05, 0.1) is 0 Å². The highest BCUT2D eigenvalue weighted by Gasteiger charge is 2.06. The topological polar surface area (TPSA) is 12.0 Å². The molecule has 0 aromatic heterocycles. The summed E-state index contributed by atoms with van der Waals surface area (Å²) in [4.78, 5) is 0. The first kappa shape index (κ1) is 10.8. The van der Waals surface area contributed by atoms with Gasteiger partial charge in [-0.2, -0.15) is 0 Å². The Kier molecular flexibility index (Phi) is 3.75. The maximum Gasteiger partial charge on any atom is 0.0482 e. The van der Waals surface area contributed by atoms with Gasteiger partial charge in [0, 0.05) is 11.7 Å². The molecule has 0 saturated carbocycles. The average Bonchev–Trinajstić information content (AvgIpc) is 2.19. The molecule has 1 aromatic carbocycles. The fourth-order valence-corrected chi connectivity index (χ4v) is 1.27. The van der Waals surface area contributed by atoms with Crippen LogP contribution in [-0.2, 0) is 0 Å². The number of benzene rings is 1. The van der Waals surface area contributed by atoms with Gasteiger partial charge in [-0.15, -0.1) is 0 Å². The Balaban J connectivity index is 2.59. The maximum atomic E-state index is 4.01. The Labute approximate surface area is 86.8 Å². The van der Waals surface area contributed by atoms with Gasteiger partial charge in [0.25, 0.3) is 0 Å². The van der Waals surface area contributed by atoms with Crippen LogP contribution in [0.4, 0.5) is 0 Å². The number of rotatable bonds is 4. The first-order valence-electron chi connectivity index (χ1n) is 5.11. The van der Waals surface area contributed by atoms with Crippen molar-refractivity contribution in [3.8, 4) is 0 Å². The molecule has 1 heteroatoms. The van der Waals surface area contributed by atoms with Crippen LogP contribution in [0.3, 0.4) is 0 Å². The van der Waals surface area contributed by atoms with Crippen LogP contribution in [0.15, 0.2) is 42.6 Å². The highest BCUT2D eigenvalue weighted by atomic mass is 14.9. The summed E-state index contributed by atoms with van der Waals surface area (Å²) in [6.45, 7) is 10.5. The summed E-state index contributed by atoms with van der Waals surface area (Å²) in [5.74, 6) is 0.487. The second kappa shape index (κ2) is 4.85. The third-order valence-electron chi connectivity index (χ3n) is 2.40. The van der Waals surface area contributed by atoms with E-state index >= 15 is 0 Å². The normalized spacial score (nSPS) is 12.6. The molecule has 0 aliphatic rings. The molecule has 14 heavy (non-hydrogen) atoms. The Morgan fingerprint density at radius 3 is 2.21 bits per heavy atom. The van der Waals surface area contributed by atoms with Crippen LogP contribution in [0.1, 0.15) is 32.4 Å². The van der Waals surface area contributed by atoms with E-state index < -0.39 is 0 Å². The molecule has 76 valence electrons. The van der Waals surface area contributed by atoms with Gasteiger partial charge in [0.1, 0.15) is 0 Å². The molecular weight excluding hydrogens is 170 g/mol. The third-order valence-corrected chi connectivity index (χ3v) is 2.40. The van der Waals surface area contributed by atoms with Crippen LogP contribution in [-0.4, -0.2) is 0 Å². The zero-order valence-electron chi connectivity index (χ0n) is 9.25. The van der Waals surface area contributed by atoms with Crippen molar-refractivity contribution >= 4 is 0 Å². The summed E-state index contributed by atoms with van der Waals surface area (Å²) < 4.78 is 0. The first-order valence-corrected chi connectivity index (χ1v) is 5.11. The summed E-state index contributed by atoms with van der Waals surface area (Å²) in [7, 11) is 0. The molecule has 0 spiro atoms. The molecule has 1 atom stereocenters. The van der Waals surface area contributed by atoms with E-state index in [2.05, 4.69) is 56.9 Å². The van der Waals surface area contributed by atoms with Crippen molar-refractivity contribution in [1.29, 1.82) is 0 Å². The highest BCUT2D eigenvalue weighted by Crippen LogP contribution is 2.15. The van der Waals surface area contributed by atoms with E-state index in [9.17, 15) is 0 Å². The highest BCUT2D eigenvalue weighted by molar-refractivity contribution is 5.19. The Bertz CT molecular complexity index is 287.